The van der Waals surface area contributed by atoms with Crippen LogP contribution in [-0.4, -0.2) is 45.7 Å². The van der Waals surface area contributed by atoms with Crippen molar-refractivity contribution in [3.63, 3.8) is 0 Å². The van der Waals surface area contributed by atoms with Crippen LogP contribution in [0.3, 0.4) is 0 Å². The van der Waals surface area contributed by atoms with Crippen LogP contribution in [0, 0.1) is 0 Å². The molecule has 0 aromatic heterocycles. The van der Waals surface area contributed by atoms with Crippen LogP contribution >= 0.6 is 0 Å². The number of fused-ring (bicyclic) bond motifs is 1. The predicted molar refractivity (Wildman–Crippen MR) is 104 cm³/mol. The van der Waals surface area contributed by atoms with Gasteiger partial charge in [-0.3, -0.25) is 0 Å². The van der Waals surface area contributed by atoms with E-state index in [-0.39, 0.29) is 11.7 Å². The third-order valence-corrected chi connectivity index (χ3v) is 7.04. The van der Waals surface area contributed by atoms with E-state index in [0.29, 0.717) is 43.6 Å². The molecule has 1 fully saturated rings. The molecule has 4 rings (SSSR count). The molecular formula is C20H24N2O4S. The van der Waals surface area contributed by atoms with Crippen LogP contribution in [-0.2, 0) is 10.0 Å². The summed E-state index contributed by atoms with van der Waals surface area (Å²) < 4.78 is 38.0. The van der Waals surface area contributed by atoms with E-state index >= 15 is 0 Å². The van der Waals surface area contributed by atoms with E-state index in [4.69, 9.17) is 9.47 Å². The second-order valence-corrected chi connectivity index (χ2v) is 9.09. The lowest BCUT2D eigenvalue weighted by Crippen LogP contribution is -2.48. The van der Waals surface area contributed by atoms with E-state index < -0.39 is 10.0 Å². The molecule has 2 aromatic carbocycles. The molecule has 0 aliphatic carbocycles. The Labute approximate surface area is 160 Å². The number of rotatable bonds is 4. The van der Waals surface area contributed by atoms with E-state index in [1.165, 1.54) is 5.56 Å². The zero-order valence-electron chi connectivity index (χ0n) is 15.6. The Hall–Kier alpha value is -2.25. The summed E-state index contributed by atoms with van der Waals surface area (Å²) in [6.45, 7) is 6.75. The lowest BCUT2D eigenvalue weighted by molar-refractivity contribution is 0.174. The van der Waals surface area contributed by atoms with Crippen LogP contribution in [0.25, 0.3) is 0 Å². The number of anilines is 1. The van der Waals surface area contributed by atoms with E-state index in [1.807, 2.05) is 0 Å². The standard InChI is InChI=1S/C20H24N2O4S/c1-15(2)16-3-5-17(6-4-16)21-9-11-22(12-10-21)27(23,24)18-7-8-19-20(13-18)26-14-25-19/h3-8,13,15H,9-12,14H2,1-2H3. The summed E-state index contributed by atoms with van der Waals surface area (Å²) in [7, 11) is -3.54. The molecule has 0 N–H and O–H groups in total. The summed E-state index contributed by atoms with van der Waals surface area (Å²) in [5.74, 6) is 1.58. The van der Waals surface area contributed by atoms with Crippen molar-refractivity contribution in [3.8, 4) is 11.5 Å². The first-order valence-electron chi connectivity index (χ1n) is 9.20. The van der Waals surface area contributed by atoms with Gasteiger partial charge in [0, 0.05) is 37.9 Å². The van der Waals surface area contributed by atoms with E-state index in [9.17, 15) is 8.42 Å². The predicted octanol–water partition coefficient (Wildman–Crippen LogP) is 3.05. The van der Waals surface area contributed by atoms with Crippen LogP contribution in [0.5, 0.6) is 11.5 Å². The molecule has 6 nitrogen and oxygen atoms in total. The molecule has 0 spiro atoms. The highest BCUT2D eigenvalue weighted by atomic mass is 32.2. The molecule has 2 aliphatic heterocycles. The van der Waals surface area contributed by atoms with Crippen molar-refractivity contribution in [1.82, 2.24) is 4.31 Å². The fourth-order valence-electron chi connectivity index (χ4n) is 3.44. The molecule has 2 aromatic rings. The largest absolute Gasteiger partial charge is 0.454 e. The molecule has 0 atom stereocenters. The molecule has 2 heterocycles. The molecule has 0 amide bonds. The van der Waals surface area contributed by atoms with Crippen LogP contribution < -0.4 is 14.4 Å². The van der Waals surface area contributed by atoms with Crippen molar-refractivity contribution in [2.75, 3.05) is 37.9 Å². The SMILES string of the molecule is CC(C)c1ccc(N2CCN(S(=O)(=O)c3ccc4c(c3)OCO4)CC2)cc1. The minimum atomic E-state index is -3.54. The summed E-state index contributed by atoms with van der Waals surface area (Å²) in [6, 6.07) is 13.3. The second-order valence-electron chi connectivity index (χ2n) is 7.15. The van der Waals surface area contributed by atoms with Gasteiger partial charge in [-0.2, -0.15) is 4.31 Å². The fraction of sp³-hybridized carbons (Fsp3) is 0.400. The van der Waals surface area contributed by atoms with Gasteiger partial charge in [0.25, 0.3) is 0 Å². The third-order valence-electron chi connectivity index (χ3n) is 5.15. The van der Waals surface area contributed by atoms with Gasteiger partial charge < -0.3 is 14.4 Å². The van der Waals surface area contributed by atoms with E-state index in [1.54, 1.807) is 22.5 Å². The first-order valence-corrected chi connectivity index (χ1v) is 10.6. The quantitative estimate of drug-likeness (QED) is 0.806. The number of hydrogen-bond donors (Lipinski definition) is 0. The molecular weight excluding hydrogens is 364 g/mol. The number of sulfonamides is 1. The van der Waals surface area contributed by atoms with Crippen molar-refractivity contribution < 1.29 is 17.9 Å². The average molecular weight is 388 g/mol. The minimum absolute atomic E-state index is 0.132. The molecule has 0 bridgehead atoms. The van der Waals surface area contributed by atoms with Crippen molar-refractivity contribution in [2.24, 2.45) is 0 Å². The van der Waals surface area contributed by atoms with Crippen molar-refractivity contribution in [2.45, 2.75) is 24.7 Å². The average Bonchev–Trinajstić information content (AvgIpc) is 3.16. The van der Waals surface area contributed by atoms with Crippen LogP contribution in [0.1, 0.15) is 25.3 Å². The Morgan fingerprint density at radius 1 is 0.889 bits per heavy atom. The molecule has 0 saturated carbocycles. The Morgan fingerprint density at radius 2 is 1.56 bits per heavy atom. The van der Waals surface area contributed by atoms with Gasteiger partial charge in [0.1, 0.15) is 0 Å². The lowest BCUT2D eigenvalue weighted by Gasteiger charge is -2.35. The number of ether oxygens (including phenoxy) is 2. The van der Waals surface area contributed by atoms with Crippen LogP contribution in [0.2, 0.25) is 0 Å². The van der Waals surface area contributed by atoms with Crippen LogP contribution in [0.4, 0.5) is 5.69 Å². The maximum Gasteiger partial charge on any atom is 0.243 e. The molecule has 27 heavy (non-hydrogen) atoms. The number of hydrogen-bond acceptors (Lipinski definition) is 5. The molecule has 0 radical (unpaired) electrons. The summed E-state index contributed by atoms with van der Waals surface area (Å²) >= 11 is 0. The number of piperazine rings is 1. The van der Waals surface area contributed by atoms with Crippen molar-refractivity contribution in [3.05, 3.63) is 48.0 Å². The Balaban J connectivity index is 1.45. The normalized spacial score (nSPS) is 17.5. The fourth-order valence-corrected chi connectivity index (χ4v) is 4.88. The monoisotopic (exact) mass is 388 g/mol. The topological polar surface area (TPSA) is 59.1 Å². The molecule has 7 heteroatoms. The van der Waals surface area contributed by atoms with Gasteiger partial charge in [-0.15, -0.1) is 0 Å². The summed E-state index contributed by atoms with van der Waals surface area (Å²) in [5, 5.41) is 0. The summed E-state index contributed by atoms with van der Waals surface area (Å²) in [5.41, 5.74) is 2.45. The zero-order valence-corrected chi connectivity index (χ0v) is 16.4. The lowest BCUT2D eigenvalue weighted by atomic mass is 10.0. The first-order chi connectivity index (χ1) is 12.9. The number of nitrogens with zero attached hydrogens (tertiary/aromatic N) is 2. The van der Waals surface area contributed by atoms with Crippen molar-refractivity contribution >= 4 is 15.7 Å². The highest BCUT2D eigenvalue weighted by Gasteiger charge is 2.30. The van der Waals surface area contributed by atoms with Gasteiger partial charge >= 0.3 is 0 Å². The van der Waals surface area contributed by atoms with Gasteiger partial charge in [0.05, 0.1) is 4.90 Å². The highest BCUT2D eigenvalue weighted by molar-refractivity contribution is 7.89. The Kier molecular flexibility index (Phi) is 4.74. The molecule has 144 valence electrons. The van der Waals surface area contributed by atoms with Gasteiger partial charge in [-0.1, -0.05) is 26.0 Å². The molecule has 1 saturated heterocycles. The van der Waals surface area contributed by atoms with Gasteiger partial charge in [0.15, 0.2) is 11.5 Å². The first kappa shape index (κ1) is 18.1. The van der Waals surface area contributed by atoms with Crippen LogP contribution in [0.15, 0.2) is 47.4 Å². The van der Waals surface area contributed by atoms with Gasteiger partial charge in [-0.25, -0.2) is 8.42 Å². The van der Waals surface area contributed by atoms with Crippen molar-refractivity contribution in [1.29, 1.82) is 0 Å². The van der Waals surface area contributed by atoms with E-state index in [2.05, 4.69) is 43.0 Å². The zero-order chi connectivity index (χ0) is 19.0. The maximum absolute atomic E-state index is 13.0. The molecule has 2 aliphatic rings. The maximum atomic E-state index is 13.0. The van der Waals surface area contributed by atoms with Gasteiger partial charge in [0.2, 0.25) is 16.8 Å². The summed E-state index contributed by atoms with van der Waals surface area (Å²) in [6.07, 6.45) is 0. The minimum Gasteiger partial charge on any atom is -0.454 e. The third kappa shape index (κ3) is 3.49. The Bertz CT molecular complexity index is 917. The molecule has 0 unspecified atom stereocenters. The van der Waals surface area contributed by atoms with E-state index in [0.717, 1.165) is 5.69 Å². The number of benzene rings is 2. The highest BCUT2D eigenvalue weighted by Crippen LogP contribution is 2.35. The summed E-state index contributed by atoms with van der Waals surface area (Å²) in [4.78, 5) is 2.48. The van der Waals surface area contributed by atoms with Gasteiger partial charge in [-0.05, 0) is 35.7 Å². The Morgan fingerprint density at radius 3 is 2.22 bits per heavy atom. The second kappa shape index (κ2) is 7.05. The smallest absolute Gasteiger partial charge is 0.243 e.